The quantitative estimate of drug-likeness (QED) is 0.637. The van der Waals surface area contributed by atoms with Crippen LogP contribution in [0.4, 0.5) is 0 Å². The van der Waals surface area contributed by atoms with E-state index < -0.39 is 22.0 Å². The first kappa shape index (κ1) is 22.5. The number of carbonyl (C=O) groups excluding carboxylic acids is 2. The van der Waals surface area contributed by atoms with Gasteiger partial charge in [-0.25, -0.2) is 8.42 Å². The summed E-state index contributed by atoms with van der Waals surface area (Å²) in [5, 5.41) is 5.50. The zero-order chi connectivity index (χ0) is 22.9. The van der Waals surface area contributed by atoms with Crippen LogP contribution in [0.1, 0.15) is 29.5 Å². The van der Waals surface area contributed by atoms with E-state index in [9.17, 15) is 18.0 Å². The highest BCUT2D eigenvalue weighted by Crippen LogP contribution is 2.28. The molecule has 4 rings (SSSR count). The van der Waals surface area contributed by atoms with Gasteiger partial charge in [-0.1, -0.05) is 45.8 Å². The molecule has 1 aliphatic carbocycles. The van der Waals surface area contributed by atoms with Gasteiger partial charge in [-0.05, 0) is 55.5 Å². The van der Waals surface area contributed by atoms with Crippen molar-refractivity contribution in [3.63, 3.8) is 0 Å². The van der Waals surface area contributed by atoms with Crippen LogP contribution in [-0.4, -0.2) is 36.6 Å². The van der Waals surface area contributed by atoms with E-state index in [0.29, 0.717) is 6.42 Å². The normalized spacial score (nSPS) is 20.4. The summed E-state index contributed by atoms with van der Waals surface area (Å²) in [6, 6.07) is 11.2. The summed E-state index contributed by atoms with van der Waals surface area (Å²) in [6.07, 6.45) is 4.63. The van der Waals surface area contributed by atoms with E-state index in [1.165, 1.54) is 35.7 Å². The molecular formula is C23H24BrN3O4S. The lowest BCUT2D eigenvalue weighted by atomic mass is 9.88. The second-order valence-electron chi connectivity index (χ2n) is 8.08. The number of amides is 2. The molecule has 1 unspecified atom stereocenters. The Morgan fingerprint density at radius 3 is 2.72 bits per heavy atom. The molecule has 0 saturated heterocycles. The lowest BCUT2D eigenvalue weighted by Crippen LogP contribution is -2.52. The monoisotopic (exact) mass is 517 g/mol. The van der Waals surface area contributed by atoms with E-state index in [4.69, 9.17) is 0 Å². The van der Waals surface area contributed by atoms with Crippen molar-refractivity contribution in [2.45, 2.75) is 49.6 Å². The summed E-state index contributed by atoms with van der Waals surface area (Å²) in [7, 11) is -3.99. The first-order valence-electron chi connectivity index (χ1n) is 10.4. The Labute approximate surface area is 196 Å². The molecular weight excluding hydrogens is 494 g/mol. The molecule has 9 heteroatoms. The largest absolute Gasteiger partial charge is 0.353 e. The number of carbonyl (C=O) groups is 2. The van der Waals surface area contributed by atoms with E-state index >= 15 is 0 Å². The summed E-state index contributed by atoms with van der Waals surface area (Å²) in [6.45, 7) is 1.86. The maximum Gasteiger partial charge on any atom is 0.264 e. The van der Waals surface area contributed by atoms with E-state index in [1.54, 1.807) is 12.1 Å². The zero-order valence-corrected chi connectivity index (χ0v) is 19.9. The molecule has 32 heavy (non-hydrogen) atoms. The predicted molar refractivity (Wildman–Crippen MR) is 124 cm³/mol. The van der Waals surface area contributed by atoms with Crippen molar-refractivity contribution in [1.82, 2.24) is 14.9 Å². The number of halogens is 1. The topological polar surface area (TPSA) is 95.6 Å². The van der Waals surface area contributed by atoms with Gasteiger partial charge in [-0.3, -0.25) is 13.9 Å². The number of aryl methyl sites for hydroxylation is 2. The van der Waals surface area contributed by atoms with Crippen LogP contribution in [0, 0.1) is 6.92 Å². The number of benzene rings is 2. The second-order valence-corrected chi connectivity index (χ2v) is 10.8. The number of hydrogen-bond acceptors (Lipinski definition) is 4. The minimum atomic E-state index is -3.99. The van der Waals surface area contributed by atoms with Gasteiger partial charge in [0.1, 0.15) is 6.04 Å². The molecule has 2 amide bonds. The van der Waals surface area contributed by atoms with Crippen LogP contribution in [0.5, 0.6) is 0 Å². The molecule has 0 saturated carbocycles. The number of nitrogens with zero attached hydrogens (tertiary/aromatic N) is 1. The van der Waals surface area contributed by atoms with Crippen LogP contribution < -0.4 is 10.6 Å². The molecule has 0 radical (unpaired) electrons. The van der Waals surface area contributed by atoms with Crippen molar-refractivity contribution in [3.8, 4) is 0 Å². The summed E-state index contributed by atoms with van der Waals surface area (Å²) in [5.74, 6) is -0.889. The Bertz CT molecular complexity index is 1180. The average Bonchev–Trinajstić information content (AvgIpc) is 2.76. The Kier molecular flexibility index (Phi) is 6.39. The standard InChI is InChI=1S/C23H24BrN3O4S/c1-15-5-9-18(10-6-15)32(30,31)27-12-11-25-23(29)21(27)14-22(28)26-17-8-7-16-3-2-4-20(24)19(16)13-17/h2-6,9-12,17,21H,7-8,13-14H2,1H3,(H,25,29)(H,26,28)/t17-,21?/m1/s1. The van der Waals surface area contributed by atoms with Crippen molar-refractivity contribution >= 4 is 37.8 Å². The molecule has 0 bridgehead atoms. The van der Waals surface area contributed by atoms with Crippen LogP contribution >= 0.6 is 15.9 Å². The molecule has 168 valence electrons. The molecule has 1 aliphatic heterocycles. The number of rotatable bonds is 5. The van der Waals surface area contributed by atoms with Crippen molar-refractivity contribution in [3.05, 3.63) is 76.0 Å². The van der Waals surface area contributed by atoms with Crippen molar-refractivity contribution in [2.75, 3.05) is 0 Å². The minimum absolute atomic E-state index is 0.0709. The minimum Gasteiger partial charge on any atom is -0.353 e. The van der Waals surface area contributed by atoms with Crippen molar-refractivity contribution < 1.29 is 18.0 Å². The number of nitrogens with one attached hydrogen (secondary N) is 2. The number of sulfonamides is 1. The average molecular weight is 518 g/mol. The van der Waals surface area contributed by atoms with E-state index in [1.807, 2.05) is 19.1 Å². The van der Waals surface area contributed by atoms with Crippen LogP contribution in [-0.2, 0) is 32.5 Å². The molecule has 0 aromatic heterocycles. The van der Waals surface area contributed by atoms with Crippen LogP contribution in [0.3, 0.4) is 0 Å². The zero-order valence-electron chi connectivity index (χ0n) is 17.5. The summed E-state index contributed by atoms with van der Waals surface area (Å²) < 4.78 is 28.3. The Morgan fingerprint density at radius 1 is 1.22 bits per heavy atom. The van der Waals surface area contributed by atoms with Gasteiger partial charge in [0.25, 0.3) is 10.0 Å². The van der Waals surface area contributed by atoms with Crippen molar-refractivity contribution in [2.24, 2.45) is 0 Å². The molecule has 2 N–H and O–H groups in total. The first-order valence-corrected chi connectivity index (χ1v) is 12.6. The third-order valence-corrected chi connectivity index (χ3v) is 8.37. The fourth-order valence-corrected chi connectivity index (χ4v) is 6.12. The first-order chi connectivity index (χ1) is 15.3. The van der Waals surface area contributed by atoms with E-state index in [2.05, 4.69) is 32.6 Å². The van der Waals surface area contributed by atoms with Gasteiger partial charge in [-0.2, -0.15) is 0 Å². The fraction of sp³-hybridized carbons (Fsp3) is 0.304. The van der Waals surface area contributed by atoms with Gasteiger partial charge in [0.05, 0.1) is 11.3 Å². The summed E-state index contributed by atoms with van der Waals surface area (Å²) in [5.41, 5.74) is 3.36. The van der Waals surface area contributed by atoms with Crippen LogP contribution in [0.25, 0.3) is 0 Å². The third kappa shape index (κ3) is 4.59. The van der Waals surface area contributed by atoms with Crippen molar-refractivity contribution in [1.29, 1.82) is 0 Å². The lowest BCUT2D eigenvalue weighted by Gasteiger charge is -2.32. The maximum absolute atomic E-state index is 13.2. The number of fused-ring (bicyclic) bond motifs is 1. The SMILES string of the molecule is Cc1ccc(S(=O)(=O)N2C=CNC(=O)C2CC(=O)N[C@@H]2CCc3cccc(Br)c3C2)cc1. The Balaban J connectivity index is 1.48. The van der Waals surface area contributed by atoms with Gasteiger partial charge >= 0.3 is 0 Å². The predicted octanol–water partition coefficient (Wildman–Crippen LogP) is 2.78. The lowest BCUT2D eigenvalue weighted by molar-refractivity contribution is -0.129. The van der Waals surface area contributed by atoms with Gasteiger partial charge in [-0.15, -0.1) is 0 Å². The van der Waals surface area contributed by atoms with Gasteiger partial charge in [0, 0.05) is 22.9 Å². The van der Waals surface area contributed by atoms with E-state index in [0.717, 1.165) is 27.2 Å². The Morgan fingerprint density at radius 2 is 1.97 bits per heavy atom. The molecule has 0 fully saturated rings. The van der Waals surface area contributed by atoms with Gasteiger partial charge in [0.2, 0.25) is 11.8 Å². The fourth-order valence-electron chi connectivity index (χ4n) is 4.10. The summed E-state index contributed by atoms with van der Waals surface area (Å²) in [4.78, 5) is 25.4. The molecule has 2 aliphatic rings. The second kappa shape index (κ2) is 9.07. The Hall–Kier alpha value is -2.65. The molecule has 2 aromatic carbocycles. The van der Waals surface area contributed by atoms with E-state index in [-0.39, 0.29) is 23.3 Å². The van der Waals surface area contributed by atoms with Gasteiger partial charge < -0.3 is 10.6 Å². The van der Waals surface area contributed by atoms with Gasteiger partial charge in [0.15, 0.2) is 0 Å². The van der Waals surface area contributed by atoms with Crippen LogP contribution in [0.15, 0.2) is 64.2 Å². The third-order valence-electron chi connectivity index (χ3n) is 5.83. The maximum atomic E-state index is 13.2. The molecule has 2 atom stereocenters. The summed E-state index contributed by atoms with van der Waals surface area (Å²) >= 11 is 3.57. The highest BCUT2D eigenvalue weighted by Gasteiger charge is 2.37. The highest BCUT2D eigenvalue weighted by molar-refractivity contribution is 9.10. The van der Waals surface area contributed by atoms with Crippen LogP contribution in [0.2, 0.25) is 0 Å². The highest BCUT2D eigenvalue weighted by atomic mass is 79.9. The molecule has 1 heterocycles. The smallest absolute Gasteiger partial charge is 0.264 e. The number of hydrogen-bond donors (Lipinski definition) is 2. The molecule has 7 nitrogen and oxygen atoms in total. The molecule has 0 spiro atoms. The molecule has 2 aromatic rings.